The van der Waals surface area contributed by atoms with Crippen LogP contribution in [0, 0.1) is 5.92 Å². The third kappa shape index (κ3) is 3.90. The second-order valence-corrected chi connectivity index (χ2v) is 6.47. The quantitative estimate of drug-likeness (QED) is 0.889. The summed E-state index contributed by atoms with van der Waals surface area (Å²) < 4.78 is 5.78. The van der Waals surface area contributed by atoms with Crippen molar-refractivity contribution >= 4 is 11.3 Å². The maximum atomic E-state index is 5.78. The summed E-state index contributed by atoms with van der Waals surface area (Å²) in [6.07, 6.45) is 2.60. The first-order valence-corrected chi connectivity index (χ1v) is 8.52. The Labute approximate surface area is 129 Å². The van der Waals surface area contributed by atoms with E-state index in [0.717, 1.165) is 43.5 Å². The van der Waals surface area contributed by atoms with Gasteiger partial charge in [0.05, 0.1) is 11.4 Å². The lowest BCUT2D eigenvalue weighted by molar-refractivity contribution is 0.194. The molecule has 0 aromatic carbocycles. The average molecular weight is 306 g/mol. The Morgan fingerprint density at radius 3 is 3.14 bits per heavy atom. The van der Waals surface area contributed by atoms with Crippen LogP contribution in [0.5, 0.6) is 0 Å². The molecule has 3 heterocycles. The summed E-state index contributed by atoms with van der Waals surface area (Å²) in [5.74, 6) is 2.08. The monoisotopic (exact) mass is 306 g/mol. The Bertz CT molecular complexity index is 534. The van der Waals surface area contributed by atoms with Gasteiger partial charge in [0.1, 0.15) is 0 Å². The van der Waals surface area contributed by atoms with Gasteiger partial charge in [-0.1, -0.05) is 13.0 Å². The Balaban J connectivity index is 1.58. The Morgan fingerprint density at radius 1 is 1.48 bits per heavy atom. The molecule has 1 aliphatic rings. The maximum Gasteiger partial charge on any atom is 0.257 e. The lowest BCUT2D eigenvalue weighted by Crippen LogP contribution is -2.38. The topological polar surface area (TPSA) is 54.2 Å². The van der Waals surface area contributed by atoms with Crippen molar-refractivity contribution in [3.05, 3.63) is 23.4 Å². The molecule has 1 aliphatic heterocycles. The third-order valence-corrected chi connectivity index (χ3v) is 4.78. The second-order valence-electron chi connectivity index (χ2n) is 5.52. The molecular weight excluding hydrogens is 284 g/mol. The van der Waals surface area contributed by atoms with Gasteiger partial charge in [-0.15, -0.1) is 21.5 Å². The normalized spacial score (nSPS) is 19.2. The molecular formula is C15H22N4OS. The molecule has 1 fully saturated rings. The van der Waals surface area contributed by atoms with Crippen LogP contribution < -0.4 is 5.32 Å². The highest BCUT2D eigenvalue weighted by Crippen LogP contribution is 2.23. The van der Waals surface area contributed by atoms with Crippen LogP contribution in [-0.4, -0.2) is 41.3 Å². The van der Waals surface area contributed by atoms with Crippen LogP contribution in [0.2, 0.25) is 0 Å². The van der Waals surface area contributed by atoms with E-state index in [1.54, 1.807) is 11.3 Å². The van der Waals surface area contributed by atoms with Gasteiger partial charge >= 0.3 is 0 Å². The molecule has 21 heavy (non-hydrogen) atoms. The van der Waals surface area contributed by atoms with Gasteiger partial charge in [0.2, 0.25) is 5.89 Å². The van der Waals surface area contributed by atoms with Crippen molar-refractivity contribution in [2.24, 2.45) is 5.92 Å². The summed E-state index contributed by atoms with van der Waals surface area (Å²) in [6, 6.07) is 4.01. The fourth-order valence-corrected chi connectivity index (χ4v) is 3.40. The Morgan fingerprint density at radius 2 is 2.43 bits per heavy atom. The Kier molecular flexibility index (Phi) is 5.00. The van der Waals surface area contributed by atoms with Crippen molar-refractivity contribution < 1.29 is 4.42 Å². The van der Waals surface area contributed by atoms with Gasteiger partial charge in [0, 0.05) is 6.54 Å². The molecule has 0 bridgehead atoms. The van der Waals surface area contributed by atoms with Crippen LogP contribution in [0.4, 0.5) is 0 Å². The van der Waals surface area contributed by atoms with Gasteiger partial charge in [0.15, 0.2) is 0 Å². The zero-order chi connectivity index (χ0) is 14.5. The summed E-state index contributed by atoms with van der Waals surface area (Å²) >= 11 is 1.62. The molecule has 1 atom stereocenters. The minimum Gasteiger partial charge on any atom is -0.419 e. The van der Waals surface area contributed by atoms with E-state index in [9.17, 15) is 0 Å². The molecule has 6 heteroatoms. The fourth-order valence-electron chi connectivity index (χ4n) is 2.76. The van der Waals surface area contributed by atoms with E-state index in [0.29, 0.717) is 11.8 Å². The van der Waals surface area contributed by atoms with Crippen LogP contribution in [0.3, 0.4) is 0 Å². The maximum absolute atomic E-state index is 5.78. The third-order valence-electron chi connectivity index (χ3n) is 3.92. The molecule has 0 saturated carbocycles. The first-order chi connectivity index (χ1) is 10.3. The molecule has 114 valence electrons. The second kappa shape index (κ2) is 7.15. The summed E-state index contributed by atoms with van der Waals surface area (Å²) in [5, 5.41) is 13.8. The molecule has 0 aliphatic carbocycles. The van der Waals surface area contributed by atoms with E-state index >= 15 is 0 Å². The van der Waals surface area contributed by atoms with Crippen molar-refractivity contribution in [3.63, 3.8) is 0 Å². The highest BCUT2D eigenvalue weighted by molar-refractivity contribution is 7.13. The van der Waals surface area contributed by atoms with Crippen LogP contribution in [0.15, 0.2) is 21.9 Å². The number of rotatable bonds is 6. The van der Waals surface area contributed by atoms with E-state index < -0.39 is 0 Å². The van der Waals surface area contributed by atoms with Crippen molar-refractivity contribution in [1.29, 1.82) is 0 Å². The number of nitrogens with one attached hydrogen (secondary N) is 1. The van der Waals surface area contributed by atoms with Gasteiger partial charge in [-0.05, 0) is 49.8 Å². The minimum absolute atomic E-state index is 0.635. The summed E-state index contributed by atoms with van der Waals surface area (Å²) in [5.41, 5.74) is 0. The molecule has 1 unspecified atom stereocenters. The number of aromatic nitrogens is 2. The number of hydrogen-bond donors (Lipinski definition) is 1. The first-order valence-electron chi connectivity index (χ1n) is 7.64. The van der Waals surface area contributed by atoms with Gasteiger partial charge in [-0.25, -0.2) is 0 Å². The van der Waals surface area contributed by atoms with Crippen molar-refractivity contribution in [1.82, 2.24) is 20.4 Å². The van der Waals surface area contributed by atoms with Gasteiger partial charge in [-0.2, -0.15) is 0 Å². The number of piperidine rings is 1. The highest BCUT2D eigenvalue weighted by Gasteiger charge is 2.18. The van der Waals surface area contributed by atoms with Crippen molar-refractivity contribution in [2.45, 2.75) is 26.3 Å². The molecule has 1 N–H and O–H groups in total. The molecule has 2 aromatic heterocycles. The first kappa shape index (κ1) is 14.7. The molecule has 2 aromatic rings. The smallest absolute Gasteiger partial charge is 0.257 e. The molecule has 0 amide bonds. The molecule has 5 nitrogen and oxygen atoms in total. The minimum atomic E-state index is 0.635. The summed E-state index contributed by atoms with van der Waals surface area (Å²) in [7, 11) is 0. The largest absolute Gasteiger partial charge is 0.419 e. The van der Waals surface area contributed by atoms with Gasteiger partial charge in [-0.3, -0.25) is 4.90 Å². The van der Waals surface area contributed by atoms with Crippen molar-refractivity contribution in [2.75, 3.05) is 26.2 Å². The SMILES string of the molecule is CCN(Cc1nnc(-c2cccs2)o1)CC1CCCNC1. The number of nitrogens with zero attached hydrogens (tertiary/aromatic N) is 3. The molecule has 1 saturated heterocycles. The highest BCUT2D eigenvalue weighted by atomic mass is 32.1. The lowest BCUT2D eigenvalue weighted by Gasteiger charge is -2.28. The number of thiophene rings is 1. The van der Waals surface area contributed by atoms with Crippen LogP contribution in [0.25, 0.3) is 10.8 Å². The van der Waals surface area contributed by atoms with Crippen LogP contribution >= 0.6 is 11.3 Å². The molecule has 0 radical (unpaired) electrons. The number of hydrogen-bond acceptors (Lipinski definition) is 6. The predicted molar refractivity (Wildman–Crippen MR) is 84.2 cm³/mol. The van der Waals surface area contributed by atoms with Gasteiger partial charge < -0.3 is 9.73 Å². The summed E-state index contributed by atoms with van der Waals surface area (Å²) in [4.78, 5) is 3.43. The van der Waals surface area contributed by atoms with Crippen LogP contribution in [-0.2, 0) is 6.54 Å². The average Bonchev–Trinajstić information content (AvgIpc) is 3.18. The van der Waals surface area contributed by atoms with E-state index in [1.807, 2.05) is 17.5 Å². The van der Waals surface area contributed by atoms with E-state index in [2.05, 4.69) is 27.3 Å². The predicted octanol–water partition coefficient (Wildman–Crippen LogP) is 2.62. The standard InChI is InChI=1S/C15H22N4OS/c1-2-19(10-12-5-3-7-16-9-12)11-14-17-18-15(20-14)13-6-4-8-21-13/h4,6,8,12,16H,2-3,5,7,9-11H2,1H3. The van der Waals surface area contributed by atoms with E-state index in [1.165, 1.54) is 12.8 Å². The summed E-state index contributed by atoms with van der Waals surface area (Å²) in [6.45, 7) is 7.32. The van der Waals surface area contributed by atoms with Crippen molar-refractivity contribution in [3.8, 4) is 10.8 Å². The zero-order valence-electron chi connectivity index (χ0n) is 12.4. The zero-order valence-corrected chi connectivity index (χ0v) is 13.2. The van der Waals surface area contributed by atoms with Crippen LogP contribution in [0.1, 0.15) is 25.7 Å². The Hall–Kier alpha value is -1.24. The molecule has 3 rings (SSSR count). The fraction of sp³-hybridized carbons (Fsp3) is 0.600. The van der Waals surface area contributed by atoms with E-state index in [4.69, 9.17) is 4.42 Å². The van der Waals surface area contributed by atoms with E-state index in [-0.39, 0.29) is 0 Å². The van der Waals surface area contributed by atoms with Gasteiger partial charge in [0.25, 0.3) is 5.89 Å². The lowest BCUT2D eigenvalue weighted by atomic mass is 9.99. The molecule has 0 spiro atoms.